The molecule has 0 spiro atoms. The van der Waals surface area contributed by atoms with E-state index in [-0.39, 0.29) is 11.6 Å². The summed E-state index contributed by atoms with van der Waals surface area (Å²) in [6.45, 7) is 0. The molecule has 0 aliphatic rings. The van der Waals surface area contributed by atoms with Gasteiger partial charge in [0, 0.05) is 6.20 Å². The molecule has 2 aromatic rings. The van der Waals surface area contributed by atoms with E-state index >= 15 is 0 Å². The second-order valence-electron chi connectivity index (χ2n) is 2.56. The summed E-state index contributed by atoms with van der Waals surface area (Å²) in [6, 6.07) is 3.23. The Hall–Kier alpha value is -1.95. The number of carboxylic acid groups (broad SMARTS) is 1. The van der Waals surface area contributed by atoms with Gasteiger partial charge in [0.1, 0.15) is 5.69 Å². The third-order valence-electron chi connectivity index (χ3n) is 1.58. The number of nitrogens with zero attached hydrogens (tertiary/aromatic N) is 3. The van der Waals surface area contributed by atoms with Crippen LogP contribution < -0.4 is 0 Å². The van der Waals surface area contributed by atoms with E-state index in [4.69, 9.17) is 21.2 Å². The van der Waals surface area contributed by atoms with Crippen molar-refractivity contribution in [3.63, 3.8) is 0 Å². The normalized spacial score (nSPS) is 10.2. The predicted molar refractivity (Wildman–Crippen MR) is 49.5 cm³/mol. The molecule has 0 radical (unpaired) electrons. The summed E-state index contributed by atoms with van der Waals surface area (Å²) in [7, 11) is 0. The highest BCUT2D eigenvalue weighted by Crippen LogP contribution is 2.23. The quantitative estimate of drug-likeness (QED) is 0.833. The van der Waals surface area contributed by atoms with Gasteiger partial charge in [-0.15, -0.1) is 0 Å². The number of halogens is 1. The zero-order valence-electron chi connectivity index (χ0n) is 7.22. The molecular formula is C8H4ClN3O3. The minimum Gasteiger partial charge on any atom is -0.475 e. The molecule has 0 bridgehead atoms. The third kappa shape index (κ3) is 1.79. The number of pyridine rings is 1. The van der Waals surface area contributed by atoms with Crippen molar-refractivity contribution in [3.05, 3.63) is 29.2 Å². The van der Waals surface area contributed by atoms with Gasteiger partial charge < -0.3 is 9.63 Å². The van der Waals surface area contributed by atoms with E-state index in [1.807, 2.05) is 0 Å². The van der Waals surface area contributed by atoms with Gasteiger partial charge in [-0.2, -0.15) is 4.98 Å². The average molecular weight is 226 g/mol. The highest BCUT2D eigenvalue weighted by molar-refractivity contribution is 6.32. The van der Waals surface area contributed by atoms with E-state index in [9.17, 15) is 4.79 Å². The van der Waals surface area contributed by atoms with Crippen LogP contribution >= 0.6 is 11.6 Å². The SMILES string of the molecule is O=C(O)c1noc(-c2ncccc2Cl)n1. The minimum atomic E-state index is -1.27. The molecule has 0 amide bonds. The van der Waals surface area contributed by atoms with E-state index in [1.165, 1.54) is 6.20 Å². The van der Waals surface area contributed by atoms with Crippen molar-refractivity contribution < 1.29 is 14.4 Å². The van der Waals surface area contributed by atoms with Crippen LogP contribution in [-0.2, 0) is 0 Å². The molecule has 0 saturated heterocycles. The van der Waals surface area contributed by atoms with Crippen LogP contribution in [-0.4, -0.2) is 26.2 Å². The lowest BCUT2D eigenvalue weighted by Crippen LogP contribution is -1.98. The Balaban J connectivity index is 2.46. The second kappa shape index (κ2) is 3.66. The molecule has 2 rings (SSSR count). The van der Waals surface area contributed by atoms with Crippen molar-refractivity contribution >= 4 is 17.6 Å². The second-order valence-corrected chi connectivity index (χ2v) is 2.97. The molecule has 0 aliphatic heterocycles. The number of rotatable bonds is 2. The summed E-state index contributed by atoms with van der Waals surface area (Å²) in [4.78, 5) is 18.0. The van der Waals surface area contributed by atoms with Crippen molar-refractivity contribution in [2.75, 3.05) is 0 Å². The Morgan fingerprint density at radius 2 is 2.33 bits per heavy atom. The predicted octanol–water partition coefficient (Wildman–Crippen LogP) is 1.48. The Morgan fingerprint density at radius 1 is 1.53 bits per heavy atom. The van der Waals surface area contributed by atoms with Gasteiger partial charge >= 0.3 is 5.97 Å². The lowest BCUT2D eigenvalue weighted by Gasteiger charge is -1.94. The zero-order valence-corrected chi connectivity index (χ0v) is 7.97. The first kappa shape index (κ1) is 9.60. The Morgan fingerprint density at radius 3 is 2.93 bits per heavy atom. The fourth-order valence-electron chi connectivity index (χ4n) is 0.950. The first-order valence-corrected chi connectivity index (χ1v) is 4.24. The number of aromatic nitrogens is 3. The van der Waals surface area contributed by atoms with Gasteiger partial charge in [-0.3, -0.25) is 0 Å². The third-order valence-corrected chi connectivity index (χ3v) is 1.88. The molecule has 7 heteroatoms. The number of carboxylic acids is 1. The van der Waals surface area contributed by atoms with Gasteiger partial charge in [-0.1, -0.05) is 11.6 Å². The van der Waals surface area contributed by atoms with Crippen molar-refractivity contribution in [1.29, 1.82) is 0 Å². The number of carbonyl (C=O) groups is 1. The maximum Gasteiger partial charge on any atom is 0.377 e. The Kier molecular flexibility index (Phi) is 2.34. The number of hydrogen-bond donors (Lipinski definition) is 1. The maximum absolute atomic E-state index is 10.5. The largest absolute Gasteiger partial charge is 0.475 e. The van der Waals surface area contributed by atoms with Gasteiger partial charge in [-0.05, 0) is 17.3 Å². The molecule has 0 atom stereocenters. The molecule has 0 fully saturated rings. The van der Waals surface area contributed by atoms with Crippen molar-refractivity contribution in [1.82, 2.24) is 15.1 Å². The standard InChI is InChI=1S/C8H4ClN3O3/c9-4-2-1-3-10-5(4)7-11-6(8(13)14)12-15-7/h1-3H,(H,13,14). The van der Waals surface area contributed by atoms with Crippen LogP contribution in [0, 0.1) is 0 Å². The van der Waals surface area contributed by atoms with E-state index in [0.29, 0.717) is 5.02 Å². The van der Waals surface area contributed by atoms with E-state index in [1.54, 1.807) is 12.1 Å². The van der Waals surface area contributed by atoms with Crippen LogP contribution in [0.2, 0.25) is 5.02 Å². The van der Waals surface area contributed by atoms with Crippen molar-refractivity contribution in [3.8, 4) is 11.6 Å². The molecule has 0 aliphatic carbocycles. The molecule has 76 valence electrons. The highest BCUT2D eigenvalue weighted by Gasteiger charge is 2.16. The van der Waals surface area contributed by atoms with Gasteiger partial charge in [0.05, 0.1) is 5.02 Å². The summed E-state index contributed by atoms with van der Waals surface area (Å²) in [6.07, 6.45) is 1.49. The van der Waals surface area contributed by atoms with Crippen LogP contribution in [0.1, 0.15) is 10.6 Å². The first-order valence-electron chi connectivity index (χ1n) is 3.86. The summed E-state index contributed by atoms with van der Waals surface area (Å²) in [5.74, 6) is -1.71. The number of hydrogen-bond acceptors (Lipinski definition) is 5. The summed E-state index contributed by atoms with van der Waals surface area (Å²) >= 11 is 5.81. The lowest BCUT2D eigenvalue weighted by molar-refractivity contribution is 0.0680. The molecule has 0 aromatic carbocycles. The van der Waals surface area contributed by atoms with Gasteiger partial charge in [0.15, 0.2) is 0 Å². The molecule has 0 saturated carbocycles. The first-order chi connectivity index (χ1) is 7.18. The molecule has 1 N–H and O–H groups in total. The summed E-state index contributed by atoms with van der Waals surface area (Å²) in [5, 5.41) is 12.1. The molecular weight excluding hydrogens is 222 g/mol. The van der Waals surface area contributed by atoms with Gasteiger partial charge in [0.2, 0.25) is 0 Å². The lowest BCUT2D eigenvalue weighted by atomic mass is 10.3. The summed E-state index contributed by atoms with van der Waals surface area (Å²) < 4.78 is 4.70. The summed E-state index contributed by atoms with van der Waals surface area (Å²) in [5.41, 5.74) is 0.263. The van der Waals surface area contributed by atoms with Crippen molar-refractivity contribution in [2.45, 2.75) is 0 Å². The number of aromatic carboxylic acids is 1. The van der Waals surface area contributed by atoms with Crippen LogP contribution in [0.3, 0.4) is 0 Å². The fourth-order valence-corrected chi connectivity index (χ4v) is 1.15. The van der Waals surface area contributed by atoms with Gasteiger partial charge in [0.25, 0.3) is 11.7 Å². The Labute approximate surface area is 88.5 Å². The minimum absolute atomic E-state index is 0.0157. The Bertz CT molecular complexity index is 511. The van der Waals surface area contributed by atoms with Crippen LogP contribution in [0.5, 0.6) is 0 Å². The molecule has 15 heavy (non-hydrogen) atoms. The zero-order chi connectivity index (χ0) is 10.8. The average Bonchev–Trinajstić information content (AvgIpc) is 2.67. The molecule has 2 heterocycles. The highest BCUT2D eigenvalue weighted by atomic mass is 35.5. The molecule has 2 aromatic heterocycles. The van der Waals surface area contributed by atoms with Crippen LogP contribution in [0.25, 0.3) is 11.6 Å². The van der Waals surface area contributed by atoms with E-state index in [2.05, 4.69) is 15.1 Å². The maximum atomic E-state index is 10.5. The van der Waals surface area contributed by atoms with E-state index in [0.717, 1.165) is 0 Å². The smallest absolute Gasteiger partial charge is 0.377 e. The van der Waals surface area contributed by atoms with Crippen LogP contribution in [0.15, 0.2) is 22.9 Å². The van der Waals surface area contributed by atoms with Crippen LogP contribution in [0.4, 0.5) is 0 Å². The van der Waals surface area contributed by atoms with Gasteiger partial charge in [-0.25, -0.2) is 9.78 Å². The topological polar surface area (TPSA) is 89.1 Å². The fraction of sp³-hybridized carbons (Fsp3) is 0. The molecule has 6 nitrogen and oxygen atoms in total. The molecule has 0 unspecified atom stereocenters. The van der Waals surface area contributed by atoms with Crippen molar-refractivity contribution in [2.24, 2.45) is 0 Å². The monoisotopic (exact) mass is 225 g/mol. The van der Waals surface area contributed by atoms with E-state index < -0.39 is 11.8 Å².